The monoisotopic (exact) mass is 246 g/mol. The topological polar surface area (TPSA) is 9.23 Å². The van der Waals surface area contributed by atoms with Crippen LogP contribution in [-0.2, 0) is 11.3 Å². The molecule has 1 aromatic carbocycles. The summed E-state index contributed by atoms with van der Waals surface area (Å²) in [6, 6.07) is 10.4. The quantitative estimate of drug-likeness (QED) is 0.434. The first-order chi connectivity index (χ1) is 8.86. The third-order valence-electron chi connectivity index (χ3n) is 2.96. The van der Waals surface area contributed by atoms with Crippen molar-refractivity contribution in [1.82, 2.24) is 0 Å². The van der Waals surface area contributed by atoms with Gasteiger partial charge in [-0.25, -0.2) is 0 Å². The van der Waals surface area contributed by atoms with Crippen LogP contribution in [-0.4, -0.2) is 6.10 Å². The van der Waals surface area contributed by atoms with Gasteiger partial charge in [0, 0.05) is 0 Å². The van der Waals surface area contributed by atoms with E-state index in [1.54, 1.807) is 0 Å². The lowest BCUT2D eigenvalue weighted by molar-refractivity contribution is 0.0658. The summed E-state index contributed by atoms with van der Waals surface area (Å²) in [6.07, 6.45) is 10.8. The Hall–Kier alpha value is -1.08. The average molecular weight is 246 g/mol. The molecule has 0 aliphatic carbocycles. The van der Waals surface area contributed by atoms with E-state index in [2.05, 4.69) is 50.3 Å². The van der Waals surface area contributed by atoms with E-state index in [0.717, 1.165) is 12.8 Å². The standard InChI is InChI=1S/C17H26O/c1-3-5-6-10-14-17(11-4-2)18-15-16-12-8-7-9-13-16/h7-10,12-14,17H,3-6,11,15H2,1-2H3/b14-10+. The first-order valence-corrected chi connectivity index (χ1v) is 7.19. The molecule has 0 bridgehead atoms. The maximum Gasteiger partial charge on any atom is 0.0760 e. The lowest BCUT2D eigenvalue weighted by atomic mass is 10.1. The van der Waals surface area contributed by atoms with E-state index in [-0.39, 0.29) is 6.10 Å². The van der Waals surface area contributed by atoms with Crippen molar-refractivity contribution in [2.24, 2.45) is 0 Å². The Kier molecular flexibility index (Phi) is 8.24. The average Bonchev–Trinajstić information content (AvgIpc) is 2.42. The van der Waals surface area contributed by atoms with E-state index < -0.39 is 0 Å². The van der Waals surface area contributed by atoms with E-state index in [1.165, 1.54) is 24.8 Å². The van der Waals surface area contributed by atoms with Crippen LogP contribution in [0.5, 0.6) is 0 Å². The molecule has 1 aromatic rings. The predicted molar refractivity (Wildman–Crippen MR) is 78.6 cm³/mol. The van der Waals surface area contributed by atoms with Crippen molar-refractivity contribution < 1.29 is 4.74 Å². The largest absolute Gasteiger partial charge is 0.369 e. The van der Waals surface area contributed by atoms with Gasteiger partial charge < -0.3 is 4.74 Å². The summed E-state index contributed by atoms with van der Waals surface area (Å²) in [5.41, 5.74) is 1.25. The van der Waals surface area contributed by atoms with Crippen molar-refractivity contribution >= 4 is 0 Å². The SMILES string of the molecule is CCCC/C=C/C(CCC)OCc1ccccc1. The summed E-state index contributed by atoms with van der Waals surface area (Å²) in [7, 11) is 0. The summed E-state index contributed by atoms with van der Waals surface area (Å²) in [5.74, 6) is 0. The van der Waals surface area contributed by atoms with Crippen molar-refractivity contribution in [3.05, 3.63) is 48.0 Å². The molecule has 0 aliphatic heterocycles. The van der Waals surface area contributed by atoms with Gasteiger partial charge in [0.05, 0.1) is 12.7 Å². The molecule has 0 amide bonds. The lowest BCUT2D eigenvalue weighted by Gasteiger charge is -2.13. The molecule has 1 rings (SSSR count). The van der Waals surface area contributed by atoms with E-state index in [0.29, 0.717) is 6.61 Å². The fraction of sp³-hybridized carbons (Fsp3) is 0.529. The van der Waals surface area contributed by atoms with Gasteiger partial charge in [0.1, 0.15) is 0 Å². The number of hydrogen-bond donors (Lipinski definition) is 0. The van der Waals surface area contributed by atoms with Crippen LogP contribution in [0.2, 0.25) is 0 Å². The van der Waals surface area contributed by atoms with Gasteiger partial charge in [-0.05, 0) is 18.4 Å². The van der Waals surface area contributed by atoms with Crippen molar-refractivity contribution in [2.75, 3.05) is 0 Å². The fourth-order valence-corrected chi connectivity index (χ4v) is 1.87. The van der Waals surface area contributed by atoms with Gasteiger partial charge in [0.2, 0.25) is 0 Å². The van der Waals surface area contributed by atoms with Crippen LogP contribution in [0, 0.1) is 0 Å². The van der Waals surface area contributed by atoms with Gasteiger partial charge >= 0.3 is 0 Å². The molecule has 1 heteroatoms. The summed E-state index contributed by atoms with van der Waals surface area (Å²) < 4.78 is 5.96. The molecule has 0 fully saturated rings. The molecular weight excluding hydrogens is 220 g/mol. The molecule has 0 heterocycles. The zero-order chi connectivity index (χ0) is 13.1. The fourth-order valence-electron chi connectivity index (χ4n) is 1.87. The van der Waals surface area contributed by atoms with Crippen molar-refractivity contribution in [1.29, 1.82) is 0 Å². The summed E-state index contributed by atoms with van der Waals surface area (Å²) in [6.45, 7) is 5.14. The second-order valence-electron chi connectivity index (χ2n) is 4.69. The van der Waals surface area contributed by atoms with Crippen LogP contribution in [0.4, 0.5) is 0 Å². The second-order valence-corrected chi connectivity index (χ2v) is 4.69. The van der Waals surface area contributed by atoms with Crippen LogP contribution < -0.4 is 0 Å². The Morgan fingerprint density at radius 1 is 1.11 bits per heavy atom. The summed E-state index contributed by atoms with van der Waals surface area (Å²) in [4.78, 5) is 0. The van der Waals surface area contributed by atoms with Gasteiger partial charge in [-0.15, -0.1) is 0 Å². The maximum absolute atomic E-state index is 5.96. The molecule has 0 radical (unpaired) electrons. The molecule has 1 unspecified atom stereocenters. The predicted octanol–water partition coefficient (Wildman–Crippen LogP) is 5.12. The first-order valence-electron chi connectivity index (χ1n) is 7.19. The highest BCUT2D eigenvalue weighted by Gasteiger charge is 2.03. The highest BCUT2D eigenvalue weighted by Crippen LogP contribution is 2.10. The molecule has 0 N–H and O–H groups in total. The minimum Gasteiger partial charge on any atom is -0.369 e. The Morgan fingerprint density at radius 2 is 1.89 bits per heavy atom. The van der Waals surface area contributed by atoms with Gasteiger partial charge in [-0.3, -0.25) is 0 Å². The molecular formula is C17H26O. The highest BCUT2D eigenvalue weighted by molar-refractivity contribution is 5.13. The Morgan fingerprint density at radius 3 is 2.56 bits per heavy atom. The minimum atomic E-state index is 0.270. The zero-order valence-corrected chi connectivity index (χ0v) is 11.8. The third kappa shape index (κ3) is 6.61. The molecule has 0 spiro atoms. The minimum absolute atomic E-state index is 0.270. The number of hydrogen-bond acceptors (Lipinski definition) is 1. The van der Waals surface area contributed by atoms with Gasteiger partial charge in [0.25, 0.3) is 0 Å². The lowest BCUT2D eigenvalue weighted by Crippen LogP contribution is -2.09. The maximum atomic E-state index is 5.96. The van der Waals surface area contributed by atoms with Gasteiger partial charge in [-0.2, -0.15) is 0 Å². The number of allylic oxidation sites excluding steroid dienone is 1. The van der Waals surface area contributed by atoms with Crippen LogP contribution >= 0.6 is 0 Å². The van der Waals surface area contributed by atoms with Crippen LogP contribution in [0.1, 0.15) is 51.5 Å². The molecule has 1 atom stereocenters. The number of ether oxygens (including phenoxy) is 1. The van der Waals surface area contributed by atoms with Crippen LogP contribution in [0.25, 0.3) is 0 Å². The molecule has 1 nitrogen and oxygen atoms in total. The highest BCUT2D eigenvalue weighted by atomic mass is 16.5. The smallest absolute Gasteiger partial charge is 0.0760 e. The van der Waals surface area contributed by atoms with Crippen molar-refractivity contribution in [3.63, 3.8) is 0 Å². The number of benzene rings is 1. The molecule has 18 heavy (non-hydrogen) atoms. The first kappa shape index (κ1) is 15.0. The number of unbranched alkanes of at least 4 members (excludes halogenated alkanes) is 2. The van der Waals surface area contributed by atoms with Crippen molar-refractivity contribution in [2.45, 2.75) is 58.7 Å². The second kappa shape index (κ2) is 9.90. The molecule has 0 aliphatic rings. The van der Waals surface area contributed by atoms with Crippen LogP contribution in [0.15, 0.2) is 42.5 Å². The Labute approximate surface area is 112 Å². The molecule has 0 aromatic heterocycles. The Bertz CT molecular complexity index is 316. The zero-order valence-electron chi connectivity index (χ0n) is 11.8. The normalized spacial score (nSPS) is 13.0. The third-order valence-corrected chi connectivity index (χ3v) is 2.96. The molecule has 100 valence electrons. The number of rotatable bonds is 9. The van der Waals surface area contributed by atoms with Crippen molar-refractivity contribution in [3.8, 4) is 0 Å². The van der Waals surface area contributed by atoms with Crippen LogP contribution in [0.3, 0.4) is 0 Å². The van der Waals surface area contributed by atoms with E-state index in [9.17, 15) is 0 Å². The van der Waals surface area contributed by atoms with E-state index in [4.69, 9.17) is 4.74 Å². The molecule has 0 saturated heterocycles. The van der Waals surface area contributed by atoms with E-state index in [1.807, 2.05) is 6.07 Å². The summed E-state index contributed by atoms with van der Waals surface area (Å²) >= 11 is 0. The van der Waals surface area contributed by atoms with Gasteiger partial charge in [0.15, 0.2) is 0 Å². The van der Waals surface area contributed by atoms with E-state index >= 15 is 0 Å². The summed E-state index contributed by atoms with van der Waals surface area (Å²) in [5, 5.41) is 0. The Balaban J connectivity index is 2.35. The molecule has 0 saturated carbocycles. The van der Waals surface area contributed by atoms with Gasteiger partial charge in [-0.1, -0.05) is 75.6 Å².